The largest absolute Gasteiger partial charge is 0.416 e. The van der Waals surface area contributed by atoms with Crippen LogP contribution in [0.1, 0.15) is 11.1 Å². The average molecular weight is 539 g/mol. The number of sulfonamides is 1. The molecule has 0 atom stereocenters. The molecular formula is C25H29F3N4O4S. The van der Waals surface area contributed by atoms with Gasteiger partial charge in [0, 0.05) is 44.7 Å². The van der Waals surface area contributed by atoms with E-state index in [-0.39, 0.29) is 25.3 Å². The van der Waals surface area contributed by atoms with Crippen LogP contribution in [0.3, 0.4) is 0 Å². The maximum Gasteiger partial charge on any atom is 0.416 e. The standard InChI is InChI=1S/C25H29F3N4O4S/c26-25(27,28)21-6-7-23(31-13-15-36-16-14-31)22(18-21)29-24(33)19-30-9-11-32(12-10-30)37(34,35)17-8-20-4-2-1-3-5-20/h1-8,17-18H,9-16,19H2,(H,29,33)/b17-8+. The predicted octanol–water partition coefficient (Wildman–Crippen LogP) is 3.10. The molecule has 2 heterocycles. The first kappa shape index (κ1) is 27.1. The predicted molar refractivity (Wildman–Crippen MR) is 136 cm³/mol. The highest BCUT2D eigenvalue weighted by atomic mass is 32.2. The minimum absolute atomic E-state index is 0.0630. The second-order valence-electron chi connectivity index (χ2n) is 8.81. The molecule has 1 amide bonds. The fraction of sp³-hybridized carbons (Fsp3) is 0.400. The highest BCUT2D eigenvalue weighted by molar-refractivity contribution is 7.92. The Kier molecular flexibility index (Phi) is 8.53. The van der Waals surface area contributed by atoms with E-state index in [9.17, 15) is 26.4 Å². The molecule has 200 valence electrons. The molecule has 0 spiro atoms. The Balaban J connectivity index is 1.36. The fourth-order valence-corrected chi connectivity index (χ4v) is 5.42. The molecule has 0 saturated carbocycles. The lowest BCUT2D eigenvalue weighted by Gasteiger charge is -2.33. The van der Waals surface area contributed by atoms with Crippen molar-refractivity contribution < 1.29 is 31.1 Å². The quantitative estimate of drug-likeness (QED) is 0.584. The van der Waals surface area contributed by atoms with Crippen LogP contribution in [0.2, 0.25) is 0 Å². The first-order valence-electron chi connectivity index (χ1n) is 11.9. The van der Waals surface area contributed by atoms with Crippen LogP contribution in [0.15, 0.2) is 53.9 Å². The van der Waals surface area contributed by atoms with Crippen LogP contribution in [0, 0.1) is 0 Å². The third-order valence-electron chi connectivity index (χ3n) is 6.24. The number of morpholine rings is 1. The zero-order valence-corrected chi connectivity index (χ0v) is 21.0. The molecule has 8 nitrogen and oxygen atoms in total. The van der Waals surface area contributed by atoms with E-state index in [1.54, 1.807) is 17.0 Å². The third kappa shape index (κ3) is 7.31. The van der Waals surface area contributed by atoms with Gasteiger partial charge < -0.3 is 15.0 Å². The van der Waals surface area contributed by atoms with Gasteiger partial charge >= 0.3 is 6.18 Å². The highest BCUT2D eigenvalue weighted by Crippen LogP contribution is 2.35. The van der Waals surface area contributed by atoms with Crippen molar-refractivity contribution in [3.05, 3.63) is 65.1 Å². The normalized spacial score (nSPS) is 18.3. The molecule has 2 aliphatic heterocycles. The Bertz CT molecular complexity index is 1210. The van der Waals surface area contributed by atoms with Crippen molar-refractivity contribution in [2.45, 2.75) is 6.18 Å². The zero-order chi connectivity index (χ0) is 26.5. The number of nitrogens with one attached hydrogen (secondary N) is 1. The van der Waals surface area contributed by atoms with Gasteiger partial charge in [-0.25, -0.2) is 8.42 Å². The first-order valence-corrected chi connectivity index (χ1v) is 13.4. The van der Waals surface area contributed by atoms with Crippen LogP contribution in [0.4, 0.5) is 24.5 Å². The highest BCUT2D eigenvalue weighted by Gasteiger charge is 2.32. The number of amides is 1. The Morgan fingerprint density at radius 2 is 1.65 bits per heavy atom. The van der Waals surface area contributed by atoms with Gasteiger partial charge in [-0.3, -0.25) is 9.69 Å². The maximum atomic E-state index is 13.3. The Morgan fingerprint density at radius 1 is 0.973 bits per heavy atom. The monoisotopic (exact) mass is 538 g/mol. The molecule has 2 saturated heterocycles. The number of anilines is 2. The summed E-state index contributed by atoms with van der Waals surface area (Å²) in [6.45, 7) is 2.90. The van der Waals surface area contributed by atoms with Gasteiger partial charge in [0.2, 0.25) is 15.9 Å². The van der Waals surface area contributed by atoms with E-state index in [0.717, 1.165) is 17.7 Å². The number of hydrogen-bond acceptors (Lipinski definition) is 6. The summed E-state index contributed by atoms with van der Waals surface area (Å²) < 4.78 is 72.0. The smallest absolute Gasteiger partial charge is 0.378 e. The van der Waals surface area contributed by atoms with Crippen molar-refractivity contribution in [2.75, 3.05) is 69.2 Å². The van der Waals surface area contributed by atoms with Crippen LogP contribution < -0.4 is 10.2 Å². The van der Waals surface area contributed by atoms with Gasteiger partial charge in [0.25, 0.3) is 0 Å². The van der Waals surface area contributed by atoms with Crippen LogP contribution >= 0.6 is 0 Å². The van der Waals surface area contributed by atoms with Crippen molar-refractivity contribution in [2.24, 2.45) is 0 Å². The van der Waals surface area contributed by atoms with E-state index < -0.39 is 27.7 Å². The van der Waals surface area contributed by atoms with Crippen molar-refractivity contribution >= 4 is 33.4 Å². The third-order valence-corrected chi connectivity index (χ3v) is 7.81. The lowest BCUT2D eigenvalue weighted by molar-refractivity contribution is -0.137. The molecule has 0 aromatic heterocycles. The number of rotatable bonds is 7. The number of benzene rings is 2. The van der Waals surface area contributed by atoms with Crippen LogP contribution in [-0.2, 0) is 25.7 Å². The number of ether oxygens (including phenoxy) is 1. The molecule has 37 heavy (non-hydrogen) atoms. The van der Waals surface area contributed by atoms with E-state index in [4.69, 9.17) is 4.74 Å². The molecular weight excluding hydrogens is 509 g/mol. The second-order valence-corrected chi connectivity index (χ2v) is 10.6. The van der Waals surface area contributed by atoms with E-state index in [0.29, 0.717) is 45.1 Å². The van der Waals surface area contributed by atoms with Crippen molar-refractivity contribution in [1.29, 1.82) is 0 Å². The van der Waals surface area contributed by atoms with Gasteiger partial charge in [0.1, 0.15) is 0 Å². The van der Waals surface area contributed by atoms with Crippen LogP contribution in [0.25, 0.3) is 6.08 Å². The van der Waals surface area contributed by atoms with Gasteiger partial charge in [0.15, 0.2) is 0 Å². The number of hydrogen-bond donors (Lipinski definition) is 1. The summed E-state index contributed by atoms with van der Waals surface area (Å²) >= 11 is 0. The minimum Gasteiger partial charge on any atom is -0.378 e. The summed E-state index contributed by atoms with van der Waals surface area (Å²) in [7, 11) is -3.62. The molecule has 2 aliphatic rings. The van der Waals surface area contributed by atoms with E-state index in [2.05, 4.69) is 5.32 Å². The molecule has 0 aliphatic carbocycles. The van der Waals surface area contributed by atoms with Crippen molar-refractivity contribution in [1.82, 2.24) is 9.21 Å². The van der Waals surface area contributed by atoms with Gasteiger partial charge in [-0.15, -0.1) is 0 Å². The number of carbonyl (C=O) groups excluding carboxylic acids is 1. The average Bonchev–Trinajstić information content (AvgIpc) is 2.88. The maximum absolute atomic E-state index is 13.3. The molecule has 0 radical (unpaired) electrons. The SMILES string of the molecule is O=C(CN1CCN(S(=O)(=O)/C=C/c2ccccc2)CC1)Nc1cc(C(F)(F)F)ccc1N1CCOCC1. The molecule has 2 aromatic rings. The molecule has 2 aromatic carbocycles. The number of carbonyl (C=O) groups is 1. The van der Waals surface area contributed by atoms with E-state index >= 15 is 0 Å². The van der Waals surface area contributed by atoms with Crippen LogP contribution in [-0.4, -0.2) is 82.6 Å². The van der Waals surface area contributed by atoms with Crippen molar-refractivity contribution in [3.8, 4) is 0 Å². The summed E-state index contributed by atoms with van der Waals surface area (Å²) in [6, 6.07) is 12.4. The lowest BCUT2D eigenvalue weighted by Crippen LogP contribution is -2.50. The molecule has 4 rings (SSSR count). The number of nitrogens with zero attached hydrogens (tertiary/aromatic N) is 3. The Hall–Kier alpha value is -2.93. The lowest BCUT2D eigenvalue weighted by atomic mass is 10.1. The summed E-state index contributed by atoms with van der Waals surface area (Å²) in [5, 5.41) is 3.81. The van der Waals surface area contributed by atoms with Crippen LogP contribution in [0.5, 0.6) is 0 Å². The Morgan fingerprint density at radius 3 is 2.30 bits per heavy atom. The van der Waals surface area contributed by atoms with Gasteiger partial charge in [-0.2, -0.15) is 17.5 Å². The van der Waals surface area contributed by atoms with Gasteiger partial charge in [0.05, 0.1) is 36.7 Å². The van der Waals surface area contributed by atoms with E-state index in [1.807, 2.05) is 23.1 Å². The molecule has 1 N–H and O–H groups in total. The number of halogens is 3. The first-order chi connectivity index (χ1) is 17.6. The molecule has 2 fully saturated rings. The number of alkyl halides is 3. The molecule has 12 heteroatoms. The van der Waals surface area contributed by atoms with E-state index in [1.165, 1.54) is 21.9 Å². The molecule has 0 unspecified atom stereocenters. The fourth-order valence-electron chi connectivity index (χ4n) is 4.24. The summed E-state index contributed by atoms with van der Waals surface area (Å²) in [5.74, 6) is -0.464. The molecule has 0 bridgehead atoms. The summed E-state index contributed by atoms with van der Waals surface area (Å²) in [4.78, 5) is 16.5. The zero-order valence-electron chi connectivity index (χ0n) is 20.2. The summed E-state index contributed by atoms with van der Waals surface area (Å²) in [5.41, 5.74) is 0.523. The number of piperazine rings is 1. The topological polar surface area (TPSA) is 82.2 Å². The minimum atomic E-state index is -4.54. The summed E-state index contributed by atoms with van der Waals surface area (Å²) in [6.07, 6.45) is -3.00. The second kappa shape index (κ2) is 11.6. The van der Waals surface area contributed by atoms with Gasteiger partial charge in [-0.1, -0.05) is 30.3 Å². The van der Waals surface area contributed by atoms with Crippen molar-refractivity contribution in [3.63, 3.8) is 0 Å². The van der Waals surface area contributed by atoms with Gasteiger partial charge in [-0.05, 0) is 29.8 Å². The Labute approximate surface area is 214 Å².